The fourth-order valence-electron chi connectivity index (χ4n) is 6.21. The van der Waals surface area contributed by atoms with Crippen molar-refractivity contribution in [1.82, 2.24) is 14.7 Å². The lowest BCUT2D eigenvalue weighted by Gasteiger charge is -2.50. The molecular weight excluding hydrogens is 362 g/mol. The maximum absolute atomic E-state index is 12.8. The Morgan fingerprint density at radius 2 is 1.66 bits per heavy atom. The van der Waals surface area contributed by atoms with Crippen LogP contribution in [0.15, 0.2) is 0 Å². The van der Waals surface area contributed by atoms with Crippen molar-refractivity contribution in [3.63, 3.8) is 0 Å². The van der Waals surface area contributed by atoms with Gasteiger partial charge in [0.05, 0.1) is 5.60 Å². The lowest BCUT2D eigenvalue weighted by atomic mass is 9.81. The minimum Gasteiger partial charge on any atom is -0.375 e. The van der Waals surface area contributed by atoms with Gasteiger partial charge in [-0.3, -0.25) is 14.6 Å². The Labute approximate surface area is 178 Å². The molecule has 0 aromatic carbocycles. The van der Waals surface area contributed by atoms with Gasteiger partial charge in [0.2, 0.25) is 5.91 Å². The summed E-state index contributed by atoms with van der Waals surface area (Å²) in [6, 6.07) is 1.33. The molecule has 4 fully saturated rings. The van der Waals surface area contributed by atoms with Crippen molar-refractivity contribution in [2.24, 2.45) is 5.92 Å². The summed E-state index contributed by atoms with van der Waals surface area (Å²) < 4.78 is 6.39. The number of likely N-dealkylation sites (tertiary alicyclic amines) is 1. The number of piperidine rings is 1. The third-order valence-corrected chi connectivity index (χ3v) is 8.28. The van der Waals surface area contributed by atoms with E-state index in [2.05, 4.69) is 28.5 Å². The molecule has 1 atom stereocenters. The largest absolute Gasteiger partial charge is 0.375 e. The lowest BCUT2D eigenvalue weighted by Crippen LogP contribution is -2.58. The number of ether oxygens (including phenoxy) is 1. The molecule has 5 nitrogen and oxygen atoms in total. The van der Waals surface area contributed by atoms with Crippen LogP contribution >= 0.6 is 0 Å². The van der Waals surface area contributed by atoms with Gasteiger partial charge in [-0.15, -0.1) is 0 Å². The molecule has 0 aromatic heterocycles. The van der Waals surface area contributed by atoms with Crippen LogP contribution in [0.1, 0.15) is 78.1 Å². The van der Waals surface area contributed by atoms with Gasteiger partial charge in [0.1, 0.15) is 0 Å². The summed E-state index contributed by atoms with van der Waals surface area (Å²) in [5.74, 6) is 1.05. The van der Waals surface area contributed by atoms with Crippen molar-refractivity contribution in [3.05, 3.63) is 0 Å². The zero-order valence-electron chi connectivity index (χ0n) is 18.9. The molecule has 1 amide bonds. The van der Waals surface area contributed by atoms with Gasteiger partial charge in [0.15, 0.2) is 0 Å². The summed E-state index contributed by atoms with van der Waals surface area (Å²) in [7, 11) is 0. The number of hydrogen-bond acceptors (Lipinski definition) is 4. The van der Waals surface area contributed by atoms with E-state index >= 15 is 0 Å². The average Bonchev–Trinajstić information content (AvgIpc) is 2.75. The summed E-state index contributed by atoms with van der Waals surface area (Å²) in [6.07, 6.45) is 11.7. The molecule has 0 bridgehead atoms. The van der Waals surface area contributed by atoms with Gasteiger partial charge in [-0.25, -0.2) is 0 Å². The van der Waals surface area contributed by atoms with Crippen LogP contribution in [0.4, 0.5) is 0 Å². The fraction of sp³-hybridized carbons (Fsp3) is 0.958. The molecule has 166 valence electrons. The van der Waals surface area contributed by atoms with Crippen molar-refractivity contribution in [2.75, 3.05) is 45.9 Å². The van der Waals surface area contributed by atoms with Crippen LogP contribution in [0, 0.1) is 5.92 Å². The molecule has 1 spiro atoms. The first kappa shape index (κ1) is 21.6. The number of rotatable bonds is 4. The number of carbonyl (C=O) groups excluding carboxylic acids is 1. The normalized spacial score (nSPS) is 30.2. The van der Waals surface area contributed by atoms with Crippen LogP contribution in [-0.4, -0.2) is 84.2 Å². The summed E-state index contributed by atoms with van der Waals surface area (Å²) in [5, 5.41) is 0. The summed E-state index contributed by atoms with van der Waals surface area (Å²) >= 11 is 0. The minimum atomic E-state index is 0.0275. The van der Waals surface area contributed by atoms with Crippen LogP contribution < -0.4 is 0 Å². The molecule has 4 rings (SSSR count). The number of nitrogens with zero attached hydrogens (tertiary/aromatic N) is 3. The van der Waals surface area contributed by atoms with Gasteiger partial charge >= 0.3 is 0 Å². The highest BCUT2D eigenvalue weighted by atomic mass is 16.5. The number of hydrogen-bond donors (Lipinski definition) is 0. The molecular formula is C24H43N3O2. The predicted octanol–water partition coefficient (Wildman–Crippen LogP) is 3.52. The van der Waals surface area contributed by atoms with E-state index in [-0.39, 0.29) is 5.60 Å². The summed E-state index contributed by atoms with van der Waals surface area (Å²) in [4.78, 5) is 20.3. The Morgan fingerprint density at radius 1 is 0.966 bits per heavy atom. The van der Waals surface area contributed by atoms with Crippen molar-refractivity contribution in [3.8, 4) is 0 Å². The highest BCUT2D eigenvalue weighted by Crippen LogP contribution is 2.37. The first-order chi connectivity index (χ1) is 14.0. The van der Waals surface area contributed by atoms with Crippen LogP contribution in [0.3, 0.4) is 0 Å². The standard InChI is InChI=1S/C24H43N3O2/c1-20(2)25-13-15-26(16-14-25)22-8-17-29-24(19-22)9-11-27(12-10-24)23(28)18-21-6-4-3-5-7-21/h20-22H,3-19H2,1-2H3/t22-/m0/s1. The minimum absolute atomic E-state index is 0.0275. The molecule has 0 unspecified atom stereocenters. The SMILES string of the molecule is CC(C)N1CCN([C@H]2CCOC3(CCN(C(=O)CC4CCCCC4)CC3)C2)CC1. The molecule has 0 radical (unpaired) electrons. The van der Waals surface area contributed by atoms with Crippen molar-refractivity contribution in [1.29, 1.82) is 0 Å². The van der Waals surface area contributed by atoms with E-state index in [1.807, 2.05) is 0 Å². The molecule has 0 aromatic rings. The van der Waals surface area contributed by atoms with Gasteiger partial charge in [-0.2, -0.15) is 0 Å². The predicted molar refractivity (Wildman–Crippen MR) is 117 cm³/mol. The van der Waals surface area contributed by atoms with Gasteiger partial charge in [0, 0.05) is 64.4 Å². The maximum Gasteiger partial charge on any atom is 0.222 e. The molecule has 4 aliphatic rings. The van der Waals surface area contributed by atoms with Gasteiger partial charge in [-0.1, -0.05) is 19.3 Å². The summed E-state index contributed by atoms with van der Waals surface area (Å²) in [6.45, 7) is 12.1. The maximum atomic E-state index is 12.8. The second-order valence-corrected chi connectivity index (χ2v) is 10.4. The second-order valence-electron chi connectivity index (χ2n) is 10.4. The van der Waals surface area contributed by atoms with Crippen molar-refractivity contribution in [2.45, 2.75) is 95.7 Å². The van der Waals surface area contributed by atoms with E-state index < -0.39 is 0 Å². The Balaban J connectivity index is 1.25. The number of amides is 1. The lowest BCUT2D eigenvalue weighted by molar-refractivity contribution is -0.151. The highest BCUT2D eigenvalue weighted by molar-refractivity contribution is 5.76. The average molecular weight is 406 g/mol. The van der Waals surface area contributed by atoms with Crippen LogP contribution in [0.2, 0.25) is 0 Å². The Hall–Kier alpha value is -0.650. The quantitative estimate of drug-likeness (QED) is 0.717. The molecule has 3 saturated heterocycles. The topological polar surface area (TPSA) is 36.0 Å². The first-order valence-corrected chi connectivity index (χ1v) is 12.4. The number of carbonyl (C=O) groups is 1. The van der Waals surface area contributed by atoms with E-state index in [4.69, 9.17) is 4.74 Å². The molecule has 1 saturated carbocycles. The molecule has 1 aliphatic carbocycles. The van der Waals surface area contributed by atoms with Crippen LogP contribution in [0.25, 0.3) is 0 Å². The second kappa shape index (κ2) is 9.65. The molecule has 3 heterocycles. The van der Waals surface area contributed by atoms with Gasteiger partial charge in [-0.05, 0) is 58.3 Å². The molecule has 3 aliphatic heterocycles. The van der Waals surface area contributed by atoms with Crippen molar-refractivity contribution < 1.29 is 9.53 Å². The van der Waals surface area contributed by atoms with E-state index in [0.717, 1.165) is 39.0 Å². The van der Waals surface area contributed by atoms with E-state index in [1.54, 1.807) is 0 Å². The van der Waals surface area contributed by atoms with Gasteiger partial charge < -0.3 is 9.64 Å². The van der Waals surface area contributed by atoms with Crippen molar-refractivity contribution >= 4 is 5.91 Å². The Morgan fingerprint density at radius 3 is 2.31 bits per heavy atom. The Bertz CT molecular complexity index is 530. The van der Waals surface area contributed by atoms with E-state index in [0.29, 0.717) is 23.9 Å². The fourth-order valence-corrected chi connectivity index (χ4v) is 6.21. The molecule has 0 N–H and O–H groups in total. The van der Waals surface area contributed by atoms with Crippen LogP contribution in [0.5, 0.6) is 0 Å². The third kappa shape index (κ3) is 5.34. The van der Waals surface area contributed by atoms with Gasteiger partial charge in [0.25, 0.3) is 0 Å². The van der Waals surface area contributed by atoms with E-state index in [9.17, 15) is 4.79 Å². The Kier molecular flexibility index (Phi) is 7.18. The smallest absolute Gasteiger partial charge is 0.222 e. The summed E-state index contributed by atoms with van der Waals surface area (Å²) in [5.41, 5.74) is 0.0275. The zero-order valence-corrected chi connectivity index (χ0v) is 18.9. The zero-order chi connectivity index (χ0) is 20.3. The molecule has 29 heavy (non-hydrogen) atoms. The highest BCUT2D eigenvalue weighted by Gasteiger charge is 2.43. The molecule has 5 heteroatoms. The first-order valence-electron chi connectivity index (χ1n) is 12.4. The monoisotopic (exact) mass is 405 g/mol. The third-order valence-electron chi connectivity index (χ3n) is 8.28. The van der Waals surface area contributed by atoms with E-state index in [1.165, 1.54) is 71.1 Å². The number of piperazine rings is 1. The van der Waals surface area contributed by atoms with Crippen LogP contribution in [-0.2, 0) is 9.53 Å².